The molecule has 0 radical (unpaired) electrons. The van der Waals surface area contributed by atoms with Crippen LogP contribution < -0.4 is 20.5 Å². The normalized spacial score (nSPS) is 13.5. The van der Waals surface area contributed by atoms with Gasteiger partial charge in [-0.1, -0.05) is 26.3 Å². The molecule has 0 aliphatic heterocycles. The van der Waals surface area contributed by atoms with Crippen molar-refractivity contribution in [1.82, 2.24) is 5.32 Å². The number of carbonyl (C=O) groups excluding carboxylic acids is 4. The Hall–Kier alpha value is -2.94. The number of hydrogen-bond donors (Lipinski definition) is 2. The predicted molar refractivity (Wildman–Crippen MR) is 109 cm³/mol. The number of rotatable bonds is 10. The summed E-state index contributed by atoms with van der Waals surface area (Å²) >= 11 is 0. The van der Waals surface area contributed by atoms with E-state index in [1.165, 1.54) is 26.0 Å². The topological polar surface area (TPSA) is 134 Å². The van der Waals surface area contributed by atoms with Crippen LogP contribution in [0.15, 0.2) is 18.2 Å². The lowest BCUT2D eigenvalue weighted by Crippen LogP contribution is -2.52. The monoisotopic (exact) mass is 422 g/mol. The highest BCUT2D eigenvalue weighted by atomic mass is 16.6. The molecule has 0 fully saturated rings. The van der Waals surface area contributed by atoms with Gasteiger partial charge in [-0.15, -0.1) is 0 Å². The fourth-order valence-corrected chi connectivity index (χ4v) is 2.66. The maximum atomic E-state index is 12.6. The second kappa shape index (κ2) is 11.9. The van der Waals surface area contributed by atoms with Crippen molar-refractivity contribution in [3.8, 4) is 11.5 Å². The number of ether oxygens (including phenoxy) is 3. The standard InChI is InChI=1S/C21H30N2O7/c1-6-12(3)19(21(27)28-7-2)23-20(26)16(22)10-15-8-9-17(29-13(4)24)18(11-15)30-14(5)25/h8-9,11-12,16,19H,6-7,10,22H2,1-5H3,(H,23,26)/t12-,16-,19-/m0/s1. The Bertz CT molecular complexity index is 779. The van der Waals surface area contributed by atoms with Crippen LogP contribution in [0.5, 0.6) is 11.5 Å². The number of amides is 1. The molecule has 0 bridgehead atoms. The predicted octanol–water partition coefficient (Wildman–Crippen LogP) is 1.50. The lowest BCUT2D eigenvalue weighted by molar-refractivity contribution is -0.149. The maximum absolute atomic E-state index is 12.6. The zero-order valence-electron chi connectivity index (χ0n) is 18.0. The smallest absolute Gasteiger partial charge is 0.328 e. The molecule has 30 heavy (non-hydrogen) atoms. The summed E-state index contributed by atoms with van der Waals surface area (Å²) in [6.07, 6.45) is 0.777. The highest BCUT2D eigenvalue weighted by Gasteiger charge is 2.29. The van der Waals surface area contributed by atoms with Gasteiger partial charge in [0.1, 0.15) is 6.04 Å². The van der Waals surface area contributed by atoms with Crippen LogP contribution >= 0.6 is 0 Å². The van der Waals surface area contributed by atoms with Crippen LogP contribution in [0.1, 0.15) is 46.6 Å². The molecule has 1 rings (SSSR count). The van der Waals surface area contributed by atoms with E-state index in [0.29, 0.717) is 12.0 Å². The minimum absolute atomic E-state index is 0.0480. The lowest BCUT2D eigenvalue weighted by atomic mass is 9.98. The summed E-state index contributed by atoms with van der Waals surface area (Å²) in [7, 11) is 0. The highest BCUT2D eigenvalue weighted by Crippen LogP contribution is 2.29. The van der Waals surface area contributed by atoms with E-state index in [1.54, 1.807) is 13.0 Å². The van der Waals surface area contributed by atoms with E-state index in [2.05, 4.69) is 5.32 Å². The van der Waals surface area contributed by atoms with Gasteiger partial charge in [-0.2, -0.15) is 0 Å². The minimum atomic E-state index is -0.962. The summed E-state index contributed by atoms with van der Waals surface area (Å²) in [6, 6.07) is 2.78. The van der Waals surface area contributed by atoms with Gasteiger partial charge in [-0.05, 0) is 37.0 Å². The van der Waals surface area contributed by atoms with E-state index >= 15 is 0 Å². The number of carbonyl (C=O) groups is 4. The molecule has 0 aliphatic rings. The molecule has 9 heteroatoms. The van der Waals surface area contributed by atoms with Gasteiger partial charge >= 0.3 is 17.9 Å². The minimum Gasteiger partial charge on any atom is -0.464 e. The number of esters is 3. The van der Waals surface area contributed by atoms with E-state index in [4.69, 9.17) is 19.9 Å². The van der Waals surface area contributed by atoms with Crippen molar-refractivity contribution in [3.05, 3.63) is 23.8 Å². The Morgan fingerprint density at radius 1 is 1.03 bits per heavy atom. The Kier molecular flexibility index (Phi) is 9.97. The van der Waals surface area contributed by atoms with Gasteiger partial charge < -0.3 is 25.3 Å². The third-order valence-corrected chi connectivity index (χ3v) is 4.36. The molecular weight excluding hydrogens is 392 g/mol. The van der Waals surface area contributed by atoms with Gasteiger partial charge in [0.25, 0.3) is 0 Å². The van der Waals surface area contributed by atoms with Crippen molar-refractivity contribution in [2.24, 2.45) is 11.7 Å². The molecule has 3 atom stereocenters. The molecule has 1 aromatic rings. The van der Waals surface area contributed by atoms with Crippen LogP contribution in [-0.2, 0) is 30.3 Å². The largest absolute Gasteiger partial charge is 0.464 e. The first kappa shape index (κ1) is 25.1. The summed E-state index contributed by atoms with van der Waals surface area (Å²) < 4.78 is 15.1. The fraction of sp³-hybridized carbons (Fsp3) is 0.524. The maximum Gasteiger partial charge on any atom is 0.328 e. The molecule has 0 saturated heterocycles. The molecule has 0 saturated carbocycles. The van der Waals surface area contributed by atoms with Crippen molar-refractivity contribution >= 4 is 23.8 Å². The van der Waals surface area contributed by atoms with Crippen LogP contribution in [0.4, 0.5) is 0 Å². The second-order valence-corrected chi connectivity index (χ2v) is 6.90. The van der Waals surface area contributed by atoms with Gasteiger partial charge in [-0.3, -0.25) is 14.4 Å². The molecule has 0 unspecified atom stereocenters. The van der Waals surface area contributed by atoms with E-state index in [0.717, 1.165) is 0 Å². The Morgan fingerprint density at radius 2 is 1.63 bits per heavy atom. The van der Waals surface area contributed by atoms with Gasteiger partial charge in [-0.25, -0.2) is 4.79 Å². The van der Waals surface area contributed by atoms with Crippen LogP contribution in [0.2, 0.25) is 0 Å². The molecule has 1 aromatic carbocycles. The number of hydrogen-bond acceptors (Lipinski definition) is 8. The average molecular weight is 422 g/mol. The van der Waals surface area contributed by atoms with Crippen molar-refractivity contribution < 1.29 is 33.4 Å². The van der Waals surface area contributed by atoms with Crippen LogP contribution in [0.3, 0.4) is 0 Å². The van der Waals surface area contributed by atoms with Crippen molar-refractivity contribution in [3.63, 3.8) is 0 Å². The first-order valence-corrected chi connectivity index (χ1v) is 9.81. The summed E-state index contributed by atoms with van der Waals surface area (Å²) in [5.41, 5.74) is 6.61. The molecular formula is C21H30N2O7. The molecule has 0 aliphatic carbocycles. The average Bonchev–Trinajstić information content (AvgIpc) is 2.66. The summed E-state index contributed by atoms with van der Waals surface area (Å²) in [4.78, 5) is 47.3. The van der Waals surface area contributed by atoms with Crippen LogP contribution in [0, 0.1) is 5.92 Å². The Morgan fingerprint density at radius 3 is 2.17 bits per heavy atom. The van der Waals surface area contributed by atoms with Crippen LogP contribution in [-0.4, -0.2) is 42.5 Å². The van der Waals surface area contributed by atoms with Crippen molar-refractivity contribution in [1.29, 1.82) is 0 Å². The number of benzene rings is 1. The summed E-state index contributed by atoms with van der Waals surface area (Å²) in [6.45, 7) is 8.09. The van der Waals surface area contributed by atoms with E-state index < -0.39 is 35.9 Å². The number of nitrogens with one attached hydrogen (secondary N) is 1. The Balaban J connectivity index is 2.94. The molecule has 9 nitrogen and oxygen atoms in total. The third-order valence-electron chi connectivity index (χ3n) is 4.36. The van der Waals surface area contributed by atoms with E-state index in [9.17, 15) is 19.2 Å². The quantitative estimate of drug-likeness (QED) is 0.428. The zero-order chi connectivity index (χ0) is 22.8. The Labute approximate surface area is 176 Å². The fourth-order valence-electron chi connectivity index (χ4n) is 2.66. The highest BCUT2D eigenvalue weighted by molar-refractivity contribution is 5.87. The SMILES string of the molecule is CCOC(=O)[C@@H](NC(=O)[C@@H](N)Cc1ccc(OC(C)=O)c(OC(C)=O)c1)[C@@H](C)CC. The first-order chi connectivity index (χ1) is 14.1. The molecule has 0 aromatic heterocycles. The van der Waals surface area contributed by atoms with Crippen molar-refractivity contribution in [2.75, 3.05) is 6.61 Å². The molecule has 3 N–H and O–H groups in total. The number of nitrogens with two attached hydrogens (primary N) is 1. The first-order valence-electron chi connectivity index (χ1n) is 9.81. The molecule has 166 valence electrons. The van der Waals surface area contributed by atoms with E-state index in [1.807, 2.05) is 13.8 Å². The van der Waals surface area contributed by atoms with Gasteiger partial charge in [0.2, 0.25) is 5.91 Å². The summed E-state index contributed by atoms with van der Waals surface area (Å²) in [5.74, 6) is -2.17. The van der Waals surface area contributed by atoms with Crippen molar-refractivity contribution in [2.45, 2.75) is 59.5 Å². The lowest BCUT2D eigenvalue weighted by Gasteiger charge is -2.24. The van der Waals surface area contributed by atoms with Gasteiger partial charge in [0, 0.05) is 13.8 Å². The molecule has 0 heterocycles. The molecule has 1 amide bonds. The third kappa shape index (κ3) is 7.82. The summed E-state index contributed by atoms with van der Waals surface area (Å²) in [5, 5.41) is 2.66. The van der Waals surface area contributed by atoms with Gasteiger partial charge in [0.15, 0.2) is 11.5 Å². The zero-order valence-corrected chi connectivity index (χ0v) is 18.0. The van der Waals surface area contributed by atoms with Gasteiger partial charge in [0.05, 0.1) is 12.6 Å². The van der Waals surface area contributed by atoms with Crippen LogP contribution in [0.25, 0.3) is 0 Å². The second-order valence-electron chi connectivity index (χ2n) is 6.90. The van der Waals surface area contributed by atoms with E-state index in [-0.39, 0.29) is 30.4 Å². The molecule has 0 spiro atoms.